The molecule has 3 aliphatic carbocycles. The second-order valence-corrected chi connectivity index (χ2v) is 11.5. The number of hydrogen-bond acceptors (Lipinski definition) is 7. The summed E-state index contributed by atoms with van der Waals surface area (Å²) in [5.41, 5.74) is 0.828. The molecular weight excluding hydrogens is 603 g/mol. The van der Waals surface area contributed by atoms with Crippen LogP contribution in [0.2, 0.25) is 0 Å². The molecule has 2 fully saturated rings. The van der Waals surface area contributed by atoms with Crippen molar-refractivity contribution in [2.75, 3.05) is 20.3 Å². The minimum absolute atomic E-state index is 0.0183. The van der Waals surface area contributed by atoms with Crippen molar-refractivity contribution in [3.05, 3.63) is 32.9 Å². The standard InChI is InChI=1S/C28H37IN2O7/c1-37-24-13-17(16-33)12-21(29)26(24)38-23-15-19(27(35)30-10-11-32)14-22(25(23)34)31(20-8-4-5-9-20)28(36)18-6-2-3-7-18/h12-13,15-16,18,20,22-23,25,32,34H,2-11,14H2,1H3,(H,30,35)/t22-,23+,25+/m1/s1. The zero-order valence-corrected chi connectivity index (χ0v) is 23.9. The first-order chi connectivity index (χ1) is 18.4. The lowest BCUT2D eigenvalue weighted by Gasteiger charge is -2.44. The van der Waals surface area contributed by atoms with Crippen LogP contribution in [0.5, 0.6) is 11.5 Å². The van der Waals surface area contributed by atoms with Crippen molar-refractivity contribution in [2.45, 2.75) is 82.1 Å². The van der Waals surface area contributed by atoms with Gasteiger partial charge < -0.3 is 29.9 Å². The second kappa shape index (κ2) is 13.3. The van der Waals surface area contributed by atoms with Crippen LogP contribution in [0.4, 0.5) is 0 Å². The van der Waals surface area contributed by atoms with E-state index in [2.05, 4.69) is 5.32 Å². The van der Waals surface area contributed by atoms with E-state index in [-0.39, 0.29) is 43.3 Å². The number of carbonyl (C=O) groups is 3. The molecule has 0 spiro atoms. The Labute approximate surface area is 237 Å². The fourth-order valence-corrected chi connectivity index (χ4v) is 6.74. The molecular formula is C28H37IN2O7. The number of methoxy groups -OCH3 is 1. The lowest BCUT2D eigenvalue weighted by atomic mass is 9.86. The number of halogens is 1. The Balaban J connectivity index is 1.71. The van der Waals surface area contributed by atoms with E-state index < -0.39 is 18.2 Å². The molecule has 2 saturated carbocycles. The number of aliphatic hydroxyl groups is 2. The van der Waals surface area contributed by atoms with Crippen LogP contribution in [-0.4, -0.2) is 77.8 Å². The summed E-state index contributed by atoms with van der Waals surface area (Å²) in [6.07, 6.45) is 8.06. The van der Waals surface area contributed by atoms with Gasteiger partial charge in [-0.3, -0.25) is 14.4 Å². The lowest BCUT2D eigenvalue weighted by molar-refractivity contribution is -0.146. The van der Waals surface area contributed by atoms with Crippen LogP contribution >= 0.6 is 22.6 Å². The maximum Gasteiger partial charge on any atom is 0.247 e. The van der Waals surface area contributed by atoms with Crippen molar-refractivity contribution < 1.29 is 34.1 Å². The summed E-state index contributed by atoms with van der Waals surface area (Å²) in [7, 11) is 1.47. The van der Waals surface area contributed by atoms with Crippen LogP contribution < -0.4 is 14.8 Å². The SMILES string of the molecule is COc1cc(C=O)cc(I)c1O[C@H]1C=C(C(=O)NCCO)C[C@@H](N(C(=O)C2CCCC2)C2CCCC2)[C@@H]1O. The molecule has 0 radical (unpaired) electrons. The smallest absolute Gasteiger partial charge is 0.247 e. The van der Waals surface area contributed by atoms with Gasteiger partial charge in [-0.1, -0.05) is 25.7 Å². The Bertz CT molecular complexity index is 1050. The Morgan fingerprint density at radius 2 is 1.84 bits per heavy atom. The number of aldehydes is 1. The zero-order valence-electron chi connectivity index (χ0n) is 21.7. The Kier molecular flexibility index (Phi) is 10.1. The van der Waals surface area contributed by atoms with Gasteiger partial charge in [-0.05, 0) is 66.5 Å². The van der Waals surface area contributed by atoms with Gasteiger partial charge in [-0.2, -0.15) is 0 Å². The van der Waals surface area contributed by atoms with Gasteiger partial charge in [-0.15, -0.1) is 0 Å². The lowest BCUT2D eigenvalue weighted by Crippen LogP contribution is -2.58. The fraction of sp³-hybridized carbons (Fsp3) is 0.607. The molecule has 0 aliphatic heterocycles. The molecule has 38 heavy (non-hydrogen) atoms. The highest BCUT2D eigenvalue weighted by Crippen LogP contribution is 2.39. The zero-order chi connectivity index (χ0) is 27.2. The first-order valence-electron chi connectivity index (χ1n) is 13.5. The number of amides is 2. The molecule has 1 aromatic rings. The average molecular weight is 641 g/mol. The molecule has 10 heteroatoms. The number of aliphatic hydroxyl groups excluding tert-OH is 2. The van der Waals surface area contributed by atoms with Crippen molar-refractivity contribution in [1.82, 2.24) is 10.2 Å². The van der Waals surface area contributed by atoms with Gasteiger partial charge in [0.15, 0.2) is 11.5 Å². The molecule has 0 bridgehead atoms. The van der Waals surface area contributed by atoms with E-state index >= 15 is 0 Å². The number of rotatable bonds is 10. The predicted molar refractivity (Wildman–Crippen MR) is 149 cm³/mol. The predicted octanol–water partition coefficient (Wildman–Crippen LogP) is 2.99. The number of nitrogens with one attached hydrogen (secondary N) is 1. The molecule has 2 amide bonds. The summed E-state index contributed by atoms with van der Waals surface area (Å²) >= 11 is 2.05. The fourth-order valence-electron chi connectivity index (χ4n) is 5.99. The molecule has 0 saturated heterocycles. The first-order valence-corrected chi connectivity index (χ1v) is 14.5. The van der Waals surface area contributed by atoms with E-state index in [1.165, 1.54) is 7.11 Å². The van der Waals surface area contributed by atoms with Crippen LogP contribution in [0.3, 0.4) is 0 Å². The highest BCUT2D eigenvalue weighted by atomic mass is 127. The quantitative estimate of drug-likeness (QED) is 0.265. The Morgan fingerprint density at radius 3 is 2.47 bits per heavy atom. The highest BCUT2D eigenvalue weighted by Gasteiger charge is 2.45. The highest BCUT2D eigenvalue weighted by molar-refractivity contribution is 14.1. The maximum absolute atomic E-state index is 13.9. The monoisotopic (exact) mass is 640 g/mol. The molecule has 0 unspecified atom stereocenters. The van der Waals surface area contributed by atoms with Gasteiger partial charge in [0.25, 0.3) is 0 Å². The van der Waals surface area contributed by atoms with Crippen molar-refractivity contribution >= 4 is 40.7 Å². The van der Waals surface area contributed by atoms with Gasteiger partial charge in [0.2, 0.25) is 11.8 Å². The summed E-state index contributed by atoms with van der Waals surface area (Å²) < 4.78 is 12.4. The van der Waals surface area contributed by atoms with E-state index in [1.807, 2.05) is 27.5 Å². The second-order valence-electron chi connectivity index (χ2n) is 10.3. The van der Waals surface area contributed by atoms with Crippen molar-refractivity contribution in [3.63, 3.8) is 0 Å². The maximum atomic E-state index is 13.9. The van der Waals surface area contributed by atoms with E-state index in [9.17, 15) is 24.6 Å². The molecule has 0 aromatic heterocycles. The molecule has 3 N–H and O–H groups in total. The van der Waals surface area contributed by atoms with Crippen LogP contribution in [0.15, 0.2) is 23.8 Å². The first kappa shape index (κ1) is 28.8. The van der Waals surface area contributed by atoms with Gasteiger partial charge in [0.1, 0.15) is 18.5 Å². The van der Waals surface area contributed by atoms with Gasteiger partial charge in [0.05, 0.1) is 23.3 Å². The topological polar surface area (TPSA) is 125 Å². The van der Waals surface area contributed by atoms with E-state index in [1.54, 1.807) is 18.2 Å². The number of ether oxygens (including phenoxy) is 2. The molecule has 0 heterocycles. The van der Waals surface area contributed by atoms with Crippen LogP contribution in [-0.2, 0) is 9.59 Å². The minimum atomic E-state index is -1.08. The Morgan fingerprint density at radius 1 is 1.16 bits per heavy atom. The number of carbonyl (C=O) groups excluding carboxylic acids is 3. The van der Waals surface area contributed by atoms with E-state index in [4.69, 9.17) is 9.47 Å². The number of hydrogen-bond donors (Lipinski definition) is 3. The van der Waals surface area contributed by atoms with E-state index in [0.717, 1.165) is 57.7 Å². The van der Waals surface area contributed by atoms with E-state index in [0.29, 0.717) is 26.2 Å². The third-order valence-corrected chi connectivity index (χ3v) is 8.69. The summed E-state index contributed by atoms with van der Waals surface area (Å²) in [6.45, 7) is -0.0982. The Hall–Kier alpha value is -2.18. The molecule has 9 nitrogen and oxygen atoms in total. The number of nitrogens with zero attached hydrogens (tertiary/aromatic N) is 1. The summed E-state index contributed by atoms with van der Waals surface area (Å²) in [6, 6.07) is 2.61. The molecule has 208 valence electrons. The van der Waals surface area contributed by atoms with Crippen molar-refractivity contribution in [3.8, 4) is 11.5 Å². The molecule has 4 rings (SSSR count). The van der Waals surface area contributed by atoms with Crippen molar-refractivity contribution in [2.24, 2.45) is 5.92 Å². The summed E-state index contributed by atoms with van der Waals surface area (Å²) in [5.74, 6) is 0.336. The van der Waals surface area contributed by atoms with Gasteiger partial charge in [-0.25, -0.2) is 0 Å². The largest absolute Gasteiger partial charge is 0.493 e. The minimum Gasteiger partial charge on any atom is -0.493 e. The molecule has 1 aromatic carbocycles. The van der Waals surface area contributed by atoms with Crippen LogP contribution in [0.25, 0.3) is 0 Å². The third kappa shape index (κ3) is 6.34. The molecule has 3 atom stereocenters. The van der Waals surface area contributed by atoms with Crippen molar-refractivity contribution in [1.29, 1.82) is 0 Å². The van der Waals surface area contributed by atoms with Gasteiger partial charge in [0, 0.05) is 36.1 Å². The summed E-state index contributed by atoms with van der Waals surface area (Å²) in [5, 5.41) is 23.6. The average Bonchev–Trinajstić information content (AvgIpc) is 3.65. The van der Waals surface area contributed by atoms with Crippen LogP contribution in [0.1, 0.15) is 68.1 Å². The van der Waals surface area contributed by atoms with Gasteiger partial charge >= 0.3 is 0 Å². The van der Waals surface area contributed by atoms with Crippen LogP contribution in [0, 0.1) is 9.49 Å². The normalized spacial score (nSPS) is 24.1. The number of benzene rings is 1. The summed E-state index contributed by atoms with van der Waals surface area (Å²) in [4.78, 5) is 40.2. The molecule has 3 aliphatic rings. The third-order valence-electron chi connectivity index (χ3n) is 7.89.